The van der Waals surface area contributed by atoms with Crippen molar-refractivity contribution in [1.29, 1.82) is 0 Å². The Bertz CT molecular complexity index is 395. The highest BCUT2D eigenvalue weighted by Crippen LogP contribution is 2.25. The second-order valence-electron chi connectivity index (χ2n) is 7.66. The van der Waals surface area contributed by atoms with Crippen molar-refractivity contribution in [3.63, 3.8) is 0 Å². The molecule has 2 unspecified atom stereocenters. The third-order valence-electron chi connectivity index (χ3n) is 5.23. The Kier molecular flexibility index (Phi) is 8.99. The average molecular weight is 355 g/mol. The van der Waals surface area contributed by atoms with E-state index in [0.717, 1.165) is 77.4 Å². The van der Waals surface area contributed by atoms with Gasteiger partial charge in [-0.25, -0.2) is 0 Å². The van der Waals surface area contributed by atoms with Crippen LogP contribution in [0, 0.1) is 5.92 Å². The molecule has 1 saturated heterocycles. The largest absolute Gasteiger partial charge is 0.393 e. The van der Waals surface area contributed by atoms with E-state index in [0.29, 0.717) is 18.1 Å². The molecule has 6 heteroatoms. The lowest BCUT2D eigenvalue weighted by Crippen LogP contribution is -2.49. The van der Waals surface area contributed by atoms with E-state index >= 15 is 0 Å². The fourth-order valence-corrected chi connectivity index (χ4v) is 3.67. The van der Waals surface area contributed by atoms with Gasteiger partial charge in [0.25, 0.3) is 0 Å². The molecule has 0 amide bonds. The van der Waals surface area contributed by atoms with Crippen molar-refractivity contribution < 1.29 is 9.84 Å². The van der Waals surface area contributed by atoms with Crippen LogP contribution in [-0.2, 0) is 4.74 Å². The second kappa shape index (κ2) is 11.0. The Hall–Kier alpha value is -0.850. The SMILES string of the molecule is CCNC(=NCC1CCCC1O)NC1CCN(CCOC(C)C)CC1. The number of aliphatic imine (C=N–C) groups is 1. The lowest BCUT2D eigenvalue weighted by Gasteiger charge is -2.33. The summed E-state index contributed by atoms with van der Waals surface area (Å²) in [5, 5.41) is 16.9. The van der Waals surface area contributed by atoms with Gasteiger partial charge in [-0.05, 0) is 46.5 Å². The first-order valence-electron chi connectivity index (χ1n) is 10.1. The molecule has 2 aliphatic rings. The van der Waals surface area contributed by atoms with Gasteiger partial charge in [-0.15, -0.1) is 0 Å². The van der Waals surface area contributed by atoms with Gasteiger partial charge in [0, 0.05) is 44.7 Å². The standard InChI is InChI=1S/C19H38N4O2/c1-4-20-19(21-14-16-6-5-7-18(16)24)22-17-8-10-23(11-9-17)12-13-25-15(2)3/h15-18,24H,4-14H2,1-3H3,(H2,20,21,22). The minimum Gasteiger partial charge on any atom is -0.393 e. The first kappa shape index (κ1) is 20.5. The Labute approximate surface area is 153 Å². The Morgan fingerprint density at radius 3 is 2.60 bits per heavy atom. The number of guanidine groups is 1. The zero-order chi connectivity index (χ0) is 18.1. The molecule has 0 radical (unpaired) electrons. The summed E-state index contributed by atoms with van der Waals surface area (Å²) in [6.07, 6.45) is 5.59. The maximum atomic E-state index is 9.96. The van der Waals surface area contributed by atoms with Crippen LogP contribution in [0.3, 0.4) is 0 Å². The zero-order valence-corrected chi connectivity index (χ0v) is 16.3. The van der Waals surface area contributed by atoms with Crippen molar-refractivity contribution in [3.05, 3.63) is 0 Å². The number of hydrogen-bond acceptors (Lipinski definition) is 4. The Morgan fingerprint density at radius 1 is 1.24 bits per heavy atom. The molecule has 0 aromatic carbocycles. The third kappa shape index (κ3) is 7.50. The zero-order valence-electron chi connectivity index (χ0n) is 16.3. The van der Waals surface area contributed by atoms with E-state index in [1.54, 1.807) is 0 Å². The van der Waals surface area contributed by atoms with E-state index < -0.39 is 0 Å². The van der Waals surface area contributed by atoms with Gasteiger partial charge in [0.2, 0.25) is 0 Å². The lowest BCUT2D eigenvalue weighted by atomic mass is 10.1. The van der Waals surface area contributed by atoms with E-state index in [1.165, 1.54) is 0 Å². The minimum absolute atomic E-state index is 0.164. The maximum Gasteiger partial charge on any atom is 0.191 e. The van der Waals surface area contributed by atoms with Crippen LogP contribution in [0.5, 0.6) is 0 Å². The highest BCUT2D eigenvalue weighted by atomic mass is 16.5. The molecule has 2 fully saturated rings. The van der Waals surface area contributed by atoms with Gasteiger partial charge in [-0.3, -0.25) is 4.99 Å². The summed E-state index contributed by atoms with van der Waals surface area (Å²) >= 11 is 0. The van der Waals surface area contributed by atoms with Crippen molar-refractivity contribution in [2.45, 2.75) is 71.1 Å². The number of aliphatic hydroxyl groups excluding tert-OH is 1. The summed E-state index contributed by atoms with van der Waals surface area (Å²) in [6.45, 7) is 11.9. The van der Waals surface area contributed by atoms with Crippen LogP contribution in [0.4, 0.5) is 0 Å². The predicted molar refractivity (Wildman–Crippen MR) is 103 cm³/mol. The second-order valence-corrected chi connectivity index (χ2v) is 7.66. The van der Waals surface area contributed by atoms with Crippen molar-refractivity contribution in [2.75, 3.05) is 39.3 Å². The molecular formula is C19H38N4O2. The van der Waals surface area contributed by atoms with Gasteiger partial charge in [0.05, 0.1) is 18.8 Å². The smallest absolute Gasteiger partial charge is 0.191 e. The number of ether oxygens (including phenoxy) is 1. The average Bonchev–Trinajstić information content (AvgIpc) is 2.99. The van der Waals surface area contributed by atoms with Crippen molar-refractivity contribution >= 4 is 5.96 Å². The number of rotatable bonds is 8. The normalized spacial score (nSPS) is 26.4. The molecule has 3 N–H and O–H groups in total. The van der Waals surface area contributed by atoms with E-state index in [2.05, 4.69) is 36.3 Å². The Balaban J connectivity index is 1.71. The number of nitrogens with one attached hydrogen (secondary N) is 2. The molecule has 1 aliphatic carbocycles. The van der Waals surface area contributed by atoms with Gasteiger partial charge in [0.1, 0.15) is 0 Å². The van der Waals surface area contributed by atoms with Crippen LogP contribution in [0.1, 0.15) is 52.9 Å². The van der Waals surface area contributed by atoms with Gasteiger partial charge in [0.15, 0.2) is 5.96 Å². The topological polar surface area (TPSA) is 69.1 Å². The van der Waals surface area contributed by atoms with E-state index in [-0.39, 0.29) is 6.10 Å². The van der Waals surface area contributed by atoms with Crippen LogP contribution in [0.2, 0.25) is 0 Å². The molecule has 25 heavy (non-hydrogen) atoms. The van der Waals surface area contributed by atoms with Crippen LogP contribution < -0.4 is 10.6 Å². The summed E-state index contributed by atoms with van der Waals surface area (Å²) < 4.78 is 5.65. The van der Waals surface area contributed by atoms with Crippen molar-refractivity contribution in [1.82, 2.24) is 15.5 Å². The van der Waals surface area contributed by atoms with Crippen LogP contribution in [-0.4, -0.2) is 73.5 Å². The number of likely N-dealkylation sites (tertiary alicyclic amines) is 1. The first-order chi connectivity index (χ1) is 12.1. The molecule has 1 saturated carbocycles. The van der Waals surface area contributed by atoms with Crippen LogP contribution in [0.25, 0.3) is 0 Å². The summed E-state index contributed by atoms with van der Waals surface area (Å²) in [7, 11) is 0. The summed E-state index contributed by atoms with van der Waals surface area (Å²) in [6, 6.07) is 0.480. The number of hydrogen-bond donors (Lipinski definition) is 3. The molecular weight excluding hydrogens is 316 g/mol. The molecule has 1 aliphatic heterocycles. The quantitative estimate of drug-likeness (QED) is 0.456. The van der Waals surface area contributed by atoms with Crippen molar-refractivity contribution in [3.8, 4) is 0 Å². The molecule has 0 aromatic heterocycles. The van der Waals surface area contributed by atoms with Gasteiger partial charge < -0.3 is 25.4 Å². The first-order valence-corrected chi connectivity index (χ1v) is 10.1. The lowest BCUT2D eigenvalue weighted by molar-refractivity contribution is 0.0532. The third-order valence-corrected chi connectivity index (χ3v) is 5.23. The monoisotopic (exact) mass is 354 g/mol. The number of nitrogens with zero attached hydrogens (tertiary/aromatic N) is 2. The summed E-state index contributed by atoms with van der Waals surface area (Å²) in [5.41, 5.74) is 0. The molecule has 6 nitrogen and oxygen atoms in total. The number of aliphatic hydroxyl groups is 1. The highest BCUT2D eigenvalue weighted by Gasteiger charge is 2.25. The van der Waals surface area contributed by atoms with E-state index in [9.17, 15) is 5.11 Å². The predicted octanol–water partition coefficient (Wildman–Crippen LogP) is 1.59. The molecule has 0 spiro atoms. The van der Waals surface area contributed by atoms with Crippen LogP contribution in [0.15, 0.2) is 4.99 Å². The van der Waals surface area contributed by atoms with Crippen LogP contribution >= 0.6 is 0 Å². The summed E-state index contributed by atoms with van der Waals surface area (Å²) in [5.74, 6) is 1.24. The fourth-order valence-electron chi connectivity index (χ4n) is 3.67. The van der Waals surface area contributed by atoms with Gasteiger partial charge >= 0.3 is 0 Å². The Morgan fingerprint density at radius 2 is 2.00 bits per heavy atom. The summed E-state index contributed by atoms with van der Waals surface area (Å²) in [4.78, 5) is 7.21. The van der Waals surface area contributed by atoms with Crippen molar-refractivity contribution in [2.24, 2.45) is 10.9 Å². The van der Waals surface area contributed by atoms with E-state index in [1.807, 2.05) is 0 Å². The van der Waals surface area contributed by atoms with E-state index in [4.69, 9.17) is 9.73 Å². The van der Waals surface area contributed by atoms with Gasteiger partial charge in [-0.2, -0.15) is 0 Å². The molecule has 2 rings (SSSR count). The number of piperidine rings is 1. The molecule has 0 aromatic rings. The fraction of sp³-hybridized carbons (Fsp3) is 0.947. The minimum atomic E-state index is -0.164. The molecule has 1 heterocycles. The molecule has 0 bridgehead atoms. The molecule has 146 valence electrons. The maximum absolute atomic E-state index is 9.96. The molecule has 2 atom stereocenters. The van der Waals surface area contributed by atoms with Gasteiger partial charge in [-0.1, -0.05) is 6.42 Å². The highest BCUT2D eigenvalue weighted by molar-refractivity contribution is 5.80.